The summed E-state index contributed by atoms with van der Waals surface area (Å²) in [7, 11) is 0. The molecule has 0 spiro atoms. The van der Waals surface area contributed by atoms with E-state index in [4.69, 9.17) is 0 Å². The first kappa shape index (κ1) is 14.1. The second-order valence-electron chi connectivity index (χ2n) is 5.22. The Morgan fingerprint density at radius 3 is 2.83 bits per heavy atom. The molecule has 0 amide bonds. The van der Waals surface area contributed by atoms with Crippen molar-refractivity contribution >= 4 is 33.5 Å². The standard InChI is InChI=1S/C14H18BrNOS/c1-14(2)10-16(7-8-18-14)9-13(17)11-5-3-4-6-12(11)15/h3-6H,7-10H2,1-2H3. The van der Waals surface area contributed by atoms with Crippen LogP contribution in [0, 0.1) is 0 Å². The first-order valence-corrected chi connectivity index (χ1v) is 7.90. The van der Waals surface area contributed by atoms with Gasteiger partial charge in [0.15, 0.2) is 5.78 Å². The van der Waals surface area contributed by atoms with Gasteiger partial charge in [0.25, 0.3) is 0 Å². The number of hydrogen-bond donors (Lipinski definition) is 0. The minimum atomic E-state index is 0.199. The van der Waals surface area contributed by atoms with Gasteiger partial charge in [-0.1, -0.05) is 34.1 Å². The van der Waals surface area contributed by atoms with E-state index >= 15 is 0 Å². The summed E-state index contributed by atoms with van der Waals surface area (Å²) in [5.74, 6) is 1.31. The highest BCUT2D eigenvalue weighted by Crippen LogP contribution is 2.29. The van der Waals surface area contributed by atoms with Gasteiger partial charge < -0.3 is 0 Å². The Morgan fingerprint density at radius 2 is 2.17 bits per heavy atom. The molecule has 0 aliphatic carbocycles. The number of rotatable bonds is 3. The van der Waals surface area contributed by atoms with E-state index in [1.807, 2.05) is 36.0 Å². The van der Waals surface area contributed by atoms with Crippen molar-refractivity contribution in [2.24, 2.45) is 0 Å². The second kappa shape index (κ2) is 5.76. The maximum Gasteiger partial charge on any atom is 0.177 e. The Bertz CT molecular complexity index is 447. The Morgan fingerprint density at radius 1 is 1.44 bits per heavy atom. The molecule has 1 fully saturated rings. The molecule has 1 heterocycles. The highest BCUT2D eigenvalue weighted by molar-refractivity contribution is 9.10. The number of nitrogens with zero attached hydrogens (tertiary/aromatic N) is 1. The zero-order chi connectivity index (χ0) is 13.2. The molecule has 0 aromatic heterocycles. The molecule has 4 heteroatoms. The van der Waals surface area contributed by atoms with Crippen molar-refractivity contribution in [2.45, 2.75) is 18.6 Å². The second-order valence-corrected chi connectivity index (χ2v) is 7.88. The largest absolute Gasteiger partial charge is 0.294 e. The number of halogens is 1. The quantitative estimate of drug-likeness (QED) is 0.793. The van der Waals surface area contributed by atoms with Crippen molar-refractivity contribution in [1.82, 2.24) is 4.90 Å². The Balaban J connectivity index is 2.02. The van der Waals surface area contributed by atoms with E-state index in [1.54, 1.807) is 0 Å². The fourth-order valence-corrected chi connectivity index (χ4v) is 3.91. The molecule has 1 aliphatic rings. The number of carbonyl (C=O) groups excluding carboxylic acids is 1. The first-order valence-electron chi connectivity index (χ1n) is 6.12. The third-order valence-corrected chi connectivity index (χ3v) is 5.03. The van der Waals surface area contributed by atoms with Crippen LogP contribution >= 0.6 is 27.7 Å². The third kappa shape index (κ3) is 3.59. The summed E-state index contributed by atoms with van der Waals surface area (Å²) < 4.78 is 1.15. The average molecular weight is 328 g/mol. The summed E-state index contributed by atoms with van der Waals surface area (Å²) in [5.41, 5.74) is 0.786. The summed E-state index contributed by atoms with van der Waals surface area (Å²) in [5, 5.41) is 0. The third-order valence-electron chi connectivity index (χ3n) is 3.05. The SMILES string of the molecule is CC1(C)CN(CC(=O)c2ccccc2Br)CCS1. The maximum atomic E-state index is 12.3. The van der Waals surface area contributed by atoms with Gasteiger partial charge in [-0.05, 0) is 19.9 Å². The normalized spacial score (nSPS) is 19.7. The van der Waals surface area contributed by atoms with Crippen LogP contribution in [-0.4, -0.2) is 40.8 Å². The molecule has 1 saturated heterocycles. The summed E-state index contributed by atoms with van der Waals surface area (Å²) >= 11 is 5.43. The number of Topliss-reactive ketones (excluding diaryl/α,β-unsaturated/α-hetero) is 1. The maximum absolute atomic E-state index is 12.3. The highest BCUT2D eigenvalue weighted by atomic mass is 79.9. The van der Waals surface area contributed by atoms with E-state index in [0.717, 1.165) is 28.9 Å². The molecule has 0 saturated carbocycles. The van der Waals surface area contributed by atoms with Crippen molar-refractivity contribution < 1.29 is 4.79 Å². The molecule has 0 radical (unpaired) electrons. The minimum Gasteiger partial charge on any atom is -0.294 e. The number of benzene rings is 1. The van der Waals surface area contributed by atoms with E-state index in [1.165, 1.54) is 0 Å². The summed E-state index contributed by atoms with van der Waals surface area (Å²) in [6.45, 7) is 6.99. The van der Waals surface area contributed by atoms with Crippen LogP contribution in [0.3, 0.4) is 0 Å². The Hall–Kier alpha value is -0.320. The lowest BCUT2D eigenvalue weighted by Crippen LogP contribution is -2.45. The molecular weight excluding hydrogens is 310 g/mol. The van der Waals surface area contributed by atoms with Gasteiger partial charge in [0.2, 0.25) is 0 Å². The molecule has 2 rings (SSSR count). The molecule has 0 atom stereocenters. The molecule has 98 valence electrons. The van der Waals surface area contributed by atoms with Crippen LogP contribution in [-0.2, 0) is 0 Å². The lowest BCUT2D eigenvalue weighted by Gasteiger charge is -2.37. The van der Waals surface area contributed by atoms with Gasteiger partial charge in [0, 0.05) is 33.6 Å². The first-order chi connectivity index (χ1) is 8.48. The van der Waals surface area contributed by atoms with Crippen molar-refractivity contribution in [3.8, 4) is 0 Å². The summed E-state index contributed by atoms with van der Waals surface area (Å²) in [4.78, 5) is 14.5. The molecule has 0 bridgehead atoms. The van der Waals surface area contributed by atoms with Crippen molar-refractivity contribution in [1.29, 1.82) is 0 Å². The van der Waals surface area contributed by atoms with Crippen molar-refractivity contribution in [3.05, 3.63) is 34.3 Å². The fourth-order valence-electron chi connectivity index (χ4n) is 2.22. The van der Waals surface area contributed by atoms with Crippen LogP contribution in [0.4, 0.5) is 0 Å². The zero-order valence-corrected chi connectivity index (χ0v) is 13.2. The molecular formula is C14H18BrNOS. The van der Waals surface area contributed by atoms with Crippen LogP contribution in [0.25, 0.3) is 0 Å². The van der Waals surface area contributed by atoms with E-state index < -0.39 is 0 Å². The molecule has 1 aromatic carbocycles. The summed E-state index contributed by atoms with van der Waals surface area (Å²) in [6.07, 6.45) is 0. The highest BCUT2D eigenvalue weighted by Gasteiger charge is 2.28. The average Bonchev–Trinajstić information content (AvgIpc) is 2.28. The topological polar surface area (TPSA) is 20.3 Å². The van der Waals surface area contributed by atoms with Gasteiger partial charge in [0.1, 0.15) is 0 Å². The summed E-state index contributed by atoms with van der Waals surface area (Å²) in [6, 6.07) is 7.65. The van der Waals surface area contributed by atoms with Gasteiger partial charge in [0.05, 0.1) is 6.54 Å². The number of hydrogen-bond acceptors (Lipinski definition) is 3. The molecule has 2 nitrogen and oxygen atoms in total. The van der Waals surface area contributed by atoms with E-state index in [2.05, 4.69) is 34.7 Å². The zero-order valence-electron chi connectivity index (χ0n) is 10.8. The number of ketones is 1. The van der Waals surface area contributed by atoms with E-state index in [9.17, 15) is 4.79 Å². The Kier molecular flexibility index (Phi) is 4.51. The molecule has 18 heavy (non-hydrogen) atoms. The van der Waals surface area contributed by atoms with Gasteiger partial charge in [-0.2, -0.15) is 11.8 Å². The van der Waals surface area contributed by atoms with E-state index in [-0.39, 0.29) is 10.5 Å². The van der Waals surface area contributed by atoms with Gasteiger partial charge in [-0.15, -0.1) is 0 Å². The molecule has 0 N–H and O–H groups in total. The van der Waals surface area contributed by atoms with E-state index in [0.29, 0.717) is 6.54 Å². The van der Waals surface area contributed by atoms with Crippen LogP contribution in [0.2, 0.25) is 0 Å². The molecule has 1 aliphatic heterocycles. The molecule has 0 unspecified atom stereocenters. The number of thioether (sulfide) groups is 1. The van der Waals surface area contributed by atoms with Crippen LogP contribution in [0.1, 0.15) is 24.2 Å². The lowest BCUT2D eigenvalue weighted by molar-refractivity contribution is 0.0927. The smallest absolute Gasteiger partial charge is 0.177 e. The van der Waals surface area contributed by atoms with Crippen molar-refractivity contribution in [2.75, 3.05) is 25.4 Å². The molecule has 1 aromatic rings. The van der Waals surface area contributed by atoms with Crippen LogP contribution in [0.5, 0.6) is 0 Å². The number of carbonyl (C=O) groups is 1. The van der Waals surface area contributed by atoms with Crippen LogP contribution < -0.4 is 0 Å². The predicted octanol–water partition coefficient (Wildman–Crippen LogP) is 3.46. The monoisotopic (exact) mass is 327 g/mol. The Labute approximate surface area is 121 Å². The van der Waals surface area contributed by atoms with Gasteiger partial charge in [-0.3, -0.25) is 9.69 Å². The van der Waals surface area contributed by atoms with Gasteiger partial charge >= 0.3 is 0 Å². The lowest BCUT2D eigenvalue weighted by atomic mass is 10.1. The minimum absolute atomic E-state index is 0.199. The van der Waals surface area contributed by atoms with Gasteiger partial charge in [-0.25, -0.2) is 0 Å². The fraction of sp³-hybridized carbons (Fsp3) is 0.500. The predicted molar refractivity (Wildman–Crippen MR) is 81.4 cm³/mol. The van der Waals surface area contributed by atoms with Crippen molar-refractivity contribution in [3.63, 3.8) is 0 Å². The van der Waals surface area contributed by atoms with Crippen LogP contribution in [0.15, 0.2) is 28.7 Å².